The van der Waals surface area contributed by atoms with Gasteiger partial charge in [0.15, 0.2) is 11.5 Å². The smallest absolute Gasteiger partial charge is 0.327 e. The lowest BCUT2D eigenvalue weighted by atomic mass is 10.1. The van der Waals surface area contributed by atoms with Gasteiger partial charge in [0.25, 0.3) is 16.7 Å². The van der Waals surface area contributed by atoms with Crippen molar-refractivity contribution < 1.29 is 29.2 Å². The van der Waals surface area contributed by atoms with Crippen LogP contribution in [-0.2, 0) is 9.59 Å². The van der Waals surface area contributed by atoms with Gasteiger partial charge < -0.3 is 9.47 Å². The molecule has 1 aliphatic heterocycles. The predicted octanol–water partition coefficient (Wildman–Crippen LogP) is 3.27. The Morgan fingerprint density at radius 2 is 1.72 bits per heavy atom. The fourth-order valence-electron chi connectivity index (χ4n) is 2.68. The van der Waals surface area contributed by atoms with Crippen LogP contribution < -0.4 is 19.9 Å². The third kappa shape index (κ3) is 3.82. The van der Waals surface area contributed by atoms with E-state index in [0.29, 0.717) is 5.69 Å². The van der Waals surface area contributed by atoms with Crippen LogP contribution in [0.3, 0.4) is 0 Å². The third-order valence-electron chi connectivity index (χ3n) is 4.09. The molecular formula is C18H14Cl2N3O6+. The quantitative estimate of drug-likeness (QED) is 0.421. The lowest BCUT2D eigenvalue weighted by molar-refractivity contribution is -0.729. The number of halogens is 2. The molecule has 2 amide bonds. The third-order valence-corrected chi connectivity index (χ3v) is 4.83. The number of carbonyl (C=O) groups excluding carboxylic acids is 2. The molecule has 0 aromatic heterocycles. The number of nitrogens with zero attached hydrogens (tertiary/aromatic N) is 2. The average Bonchev–Trinajstić information content (AvgIpc) is 2.97. The number of hydrazine groups is 1. The molecule has 2 aromatic carbocycles. The minimum absolute atomic E-state index is 0.0645. The van der Waals surface area contributed by atoms with Gasteiger partial charge in [0.2, 0.25) is 0 Å². The largest absolute Gasteiger partial charge is 0.493 e. The Labute approximate surface area is 174 Å². The summed E-state index contributed by atoms with van der Waals surface area (Å²) in [4.78, 5) is 36.3. The van der Waals surface area contributed by atoms with E-state index in [-0.39, 0.29) is 38.4 Å². The molecule has 2 N–H and O–H groups in total. The number of rotatable bonds is 5. The minimum Gasteiger partial charge on any atom is -0.493 e. The molecule has 11 heteroatoms. The van der Waals surface area contributed by atoms with Crippen molar-refractivity contribution in [2.75, 3.05) is 19.2 Å². The molecule has 0 atom stereocenters. The number of hydrogen-bond donors (Lipinski definition) is 2. The first kappa shape index (κ1) is 20.4. The van der Waals surface area contributed by atoms with E-state index in [1.807, 2.05) is 0 Å². The van der Waals surface area contributed by atoms with E-state index < -0.39 is 16.7 Å². The van der Waals surface area contributed by atoms with Crippen molar-refractivity contribution in [1.29, 1.82) is 0 Å². The molecule has 1 heterocycles. The highest BCUT2D eigenvalue weighted by atomic mass is 35.5. The maximum absolute atomic E-state index is 12.8. The summed E-state index contributed by atoms with van der Waals surface area (Å²) >= 11 is 11.8. The molecular weight excluding hydrogens is 425 g/mol. The van der Waals surface area contributed by atoms with Gasteiger partial charge in [-0.2, -0.15) is 0 Å². The highest BCUT2D eigenvalue weighted by molar-refractivity contribution is 6.42. The number of ether oxygens (including phenoxy) is 2. The summed E-state index contributed by atoms with van der Waals surface area (Å²) in [7, 11) is 2.73. The van der Waals surface area contributed by atoms with Crippen molar-refractivity contribution in [3.05, 3.63) is 56.4 Å². The van der Waals surface area contributed by atoms with Crippen LogP contribution in [0.5, 0.6) is 11.5 Å². The van der Waals surface area contributed by atoms with Crippen molar-refractivity contribution in [2.24, 2.45) is 0 Å². The van der Waals surface area contributed by atoms with Gasteiger partial charge in [-0.3, -0.25) is 15.0 Å². The fraction of sp³-hybridized carbons (Fsp3) is 0.111. The molecule has 1 fully saturated rings. The maximum Gasteiger partial charge on any atom is 0.327 e. The summed E-state index contributed by atoms with van der Waals surface area (Å²) in [6.45, 7) is 0. The van der Waals surface area contributed by atoms with E-state index in [4.69, 9.17) is 32.7 Å². The highest BCUT2D eigenvalue weighted by Crippen LogP contribution is 2.36. The Balaban J connectivity index is 2.06. The van der Waals surface area contributed by atoms with Gasteiger partial charge in [-0.05, 0) is 30.3 Å². The summed E-state index contributed by atoms with van der Waals surface area (Å²) in [5, 5.41) is 10.9. The molecule has 1 saturated heterocycles. The topological polar surface area (TPSA) is 108 Å². The van der Waals surface area contributed by atoms with Crippen LogP contribution in [0.15, 0.2) is 35.9 Å². The van der Waals surface area contributed by atoms with E-state index >= 15 is 0 Å². The molecule has 0 bridgehead atoms. The monoisotopic (exact) mass is 438 g/mol. The number of anilines is 1. The van der Waals surface area contributed by atoms with Gasteiger partial charge >= 0.3 is 5.69 Å². The lowest BCUT2D eigenvalue weighted by Crippen LogP contribution is -2.35. The van der Waals surface area contributed by atoms with Gasteiger partial charge in [-0.1, -0.05) is 23.2 Å². The molecule has 0 radical (unpaired) electrons. The Morgan fingerprint density at radius 3 is 2.31 bits per heavy atom. The fourth-order valence-corrected chi connectivity index (χ4v) is 2.98. The number of hydrogen-bond acceptors (Lipinski definition) is 5. The van der Waals surface area contributed by atoms with Crippen LogP contribution in [0.1, 0.15) is 5.56 Å². The maximum atomic E-state index is 12.8. The van der Waals surface area contributed by atoms with E-state index in [9.17, 15) is 19.7 Å². The second kappa shape index (κ2) is 7.98. The summed E-state index contributed by atoms with van der Waals surface area (Å²) < 4.78 is 10.3. The van der Waals surface area contributed by atoms with Gasteiger partial charge in [0, 0.05) is 0 Å². The zero-order valence-electron chi connectivity index (χ0n) is 15.1. The van der Waals surface area contributed by atoms with Gasteiger partial charge in [0.1, 0.15) is 5.57 Å². The molecule has 9 nitrogen and oxygen atoms in total. The lowest BCUT2D eigenvalue weighted by Gasteiger charge is -2.15. The molecule has 0 unspecified atom stereocenters. The number of carbonyl (C=O) groups is 2. The van der Waals surface area contributed by atoms with Crippen molar-refractivity contribution in [3.8, 4) is 11.5 Å². The van der Waals surface area contributed by atoms with Crippen LogP contribution in [0, 0.1) is 4.91 Å². The molecule has 29 heavy (non-hydrogen) atoms. The van der Waals surface area contributed by atoms with Gasteiger partial charge in [0.05, 0.1) is 46.5 Å². The summed E-state index contributed by atoms with van der Waals surface area (Å²) in [6, 6.07) is 6.97. The Hall–Kier alpha value is -3.30. The first-order valence-electron chi connectivity index (χ1n) is 8.01. The Morgan fingerprint density at radius 1 is 1.07 bits per heavy atom. The SMILES string of the molecule is COc1cc(/C=C2\C(=O)NN(c3ccc(Cl)c(Cl)c3)C2=O)c([N+](=O)O)cc1OC. The van der Waals surface area contributed by atoms with Crippen molar-refractivity contribution in [2.45, 2.75) is 0 Å². The van der Waals surface area contributed by atoms with E-state index in [1.54, 1.807) is 0 Å². The van der Waals surface area contributed by atoms with Crippen molar-refractivity contribution in [3.63, 3.8) is 0 Å². The minimum atomic E-state index is -0.711. The zero-order chi connectivity index (χ0) is 21.3. The second-order valence-electron chi connectivity index (χ2n) is 5.78. The van der Waals surface area contributed by atoms with E-state index in [1.165, 1.54) is 44.6 Å². The number of benzene rings is 2. The first-order chi connectivity index (χ1) is 13.8. The van der Waals surface area contributed by atoms with Crippen LogP contribution in [0.2, 0.25) is 10.0 Å². The van der Waals surface area contributed by atoms with Crippen LogP contribution in [0.25, 0.3) is 6.08 Å². The predicted molar refractivity (Wildman–Crippen MR) is 105 cm³/mol. The Bertz CT molecular complexity index is 1070. The molecule has 3 rings (SSSR count). The summed E-state index contributed by atoms with van der Waals surface area (Å²) in [5.41, 5.74) is 2.24. The average molecular weight is 439 g/mol. The van der Waals surface area contributed by atoms with Crippen LogP contribution >= 0.6 is 23.2 Å². The molecule has 0 saturated carbocycles. The van der Waals surface area contributed by atoms with Crippen molar-refractivity contribution >= 4 is 52.5 Å². The van der Waals surface area contributed by atoms with Crippen molar-refractivity contribution in [1.82, 2.24) is 5.43 Å². The van der Waals surface area contributed by atoms with Gasteiger partial charge in [-0.15, -0.1) is 0 Å². The Kier molecular flexibility index (Phi) is 5.62. The standard InChI is InChI=1S/C18H13Cl2N3O6/c1-28-15-6-9(14(23(26)27)8-16(15)29-2)5-11-17(24)21-22(18(11)25)10-3-4-12(19)13(20)7-10/h3-8H,1-2H3,(H-,21,24,26,27)/p+1/b11-5+. The number of amides is 2. The van der Waals surface area contributed by atoms with E-state index in [0.717, 1.165) is 11.1 Å². The molecule has 150 valence electrons. The van der Waals surface area contributed by atoms with Crippen LogP contribution in [-0.4, -0.2) is 36.2 Å². The first-order valence-corrected chi connectivity index (χ1v) is 8.76. The van der Waals surface area contributed by atoms with Crippen LogP contribution in [0.4, 0.5) is 11.4 Å². The molecule has 2 aromatic rings. The summed E-state index contributed by atoms with van der Waals surface area (Å²) in [6.07, 6.45) is 1.16. The summed E-state index contributed by atoms with van der Waals surface area (Å²) in [5.74, 6) is -0.988. The number of methoxy groups -OCH3 is 2. The molecule has 0 spiro atoms. The number of nitrogens with one attached hydrogen (secondary N) is 1. The van der Waals surface area contributed by atoms with E-state index in [2.05, 4.69) is 5.43 Å². The zero-order valence-corrected chi connectivity index (χ0v) is 16.6. The highest BCUT2D eigenvalue weighted by Gasteiger charge is 2.36. The van der Waals surface area contributed by atoms with Gasteiger partial charge in [-0.25, -0.2) is 10.2 Å². The molecule has 1 aliphatic rings. The second-order valence-corrected chi connectivity index (χ2v) is 6.59. The normalized spacial score (nSPS) is 14.9. The molecule has 0 aliphatic carbocycles.